The number of imidazole rings is 1. The van der Waals surface area contributed by atoms with Crippen LogP contribution < -0.4 is 9.64 Å². The third kappa shape index (κ3) is 6.07. The molecule has 208 valence electrons. The normalized spacial score (nSPS) is 17.7. The highest BCUT2D eigenvalue weighted by Gasteiger charge is 2.36. The number of aromatic carboxylic acids is 1. The Morgan fingerprint density at radius 2 is 1.79 bits per heavy atom. The molecule has 0 unspecified atom stereocenters. The van der Waals surface area contributed by atoms with Gasteiger partial charge in [0.15, 0.2) is 11.6 Å². The summed E-state index contributed by atoms with van der Waals surface area (Å²) in [5.41, 5.74) is -1.66. The number of nitrogens with zero attached hydrogens (tertiary/aromatic N) is 3. The van der Waals surface area contributed by atoms with E-state index in [9.17, 15) is 27.9 Å². The van der Waals surface area contributed by atoms with E-state index >= 15 is 4.39 Å². The Hall–Kier alpha value is -3.89. The van der Waals surface area contributed by atoms with Crippen molar-refractivity contribution in [3.8, 4) is 17.2 Å². The maximum absolute atomic E-state index is 15.3. The predicted octanol–water partition coefficient (Wildman–Crippen LogP) is 7.09. The molecule has 7 nitrogen and oxygen atoms in total. The summed E-state index contributed by atoms with van der Waals surface area (Å²) in [6.45, 7) is 5.48. The lowest BCUT2D eigenvalue weighted by atomic mass is 9.82. The molecule has 39 heavy (non-hydrogen) atoms. The largest absolute Gasteiger partial charge is 0.478 e. The van der Waals surface area contributed by atoms with Crippen molar-refractivity contribution >= 4 is 17.6 Å². The smallest absolute Gasteiger partial charge is 0.420 e. The molecule has 2 aromatic carbocycles. The highest BCUT2D eigenvalue weighted by molar-refractivity contribution is 6.03. The lowest BCUT2D eigenvalue weighted by molar-refractivity contribution is -0.138. The van der Waals surface area contributed by atoms with Gasteiger partial charge in [-0.05, 0) is 63.6 Å². The van der Waals surface area contributed by atoms with E-state index in [4.69, 9.17) is 4.74 Å². The van der Waals surface area contributed by atoms with Gasteiger partial charge in [-0.3, -0.25) is 4.79 Å². The first kappa shape index (κ1) is 28.1. The number of halogens is 4. The minimum Gasteiger partial charge on any atom is -0.478 e. The number of hydrogen-bond acceptors (Lipinski definition) is 4. The van der Waals surface area contributed by atoms with Crippen LogP contribution in [0.2, 0.25) is 0 Å². The molecule has 0 bridgehead atoms. The molecule has 3 aromatic rings. The summed E-state index contributed by atoms with van der Waals surface area (Å²) in [4.78, 5) is 30.7. The second-order valence-electron chi connectivity index (χ2n) is 10.1. The van der Waals surface area contributed by atoms with Crippen LogP contribution in [-0.4, -0.2) is 32.6 Å². The van der Waals surface area contributed by atoms with Gasteiger partial charge in [0.1, 0.15) is 11.3 Å². The van der Waals surface area contributed by atoms with Crippen LogP contribution in [0.3, 0.4) is 0 Å². The Balaban J connectivity index is 1.73. The number of benzene rings is 2. The zero-order chi connectivity index (χ0) is 28.5. The van der Waals surface area contributed by atoms with Crippen LogP contribution in [0, 0.1) is 17.7 Å². The Bertz CT molecular complexity index is 1350. The number of carbonyl (C=O) groups is 2. The van der Waals surface area contributed by atoms with E-state index in [1.807, 2.05) is 0 Å². The minimum absolute atomic E-state index is 0.150. The van der Waals surface area contributed by atoms with Crippen molar-refractivity contribution < 1.29 is 37.0 Å². The van der Waals surface area contributed by atoms with E-state index in [1.165, 1.54) is 34.3 Å². The monoisotopic (exact) mass is 547 g/mol. The fourth-order valence-corrected chi connectivity index (χ4v) is 4.87. The number of carboxylic acid groups (broad SMARTS) is 1. The van der Waals surface area contributed by atoms with Crippen molar-refractivity contribution in [1.82, 2.24) is 9.55 Å². The molecule has 0 saturated heterocycles. The Labute approximate surface area is 223 Å². The van der Waals surface area contributed by atoms with Crippen LogP contribution in [0.4, 0.5) is 23.2 Å². The van der Waals surface area contributed by atoms with Gasteiger partial charge in [-0.25, -0.2) is 14.2 Å². The average molecular weight is 548 g/mol. The molecule has 1 aromatic heterocycles. The molecule has 1 amide bonds. The number of carboxylic acids is 1. The van der Waals surface area contributed by atoms with Gasteiger partial charge in [-0.1, -0.05) is 6.92 Å². The SMILES string of the molecule is CC1CCC(C(=O)N(c2cc(F)c(Oc3ccc(-n4ccnc4)cc3C(F)(F)F)cc2C(=O)O)C(C)C)CC1. The number of amides is 1. The van der Waals surface area contributed by atoms with E-state index in [0.29, 0.717) is 18.8 Å². The van der Waals surface area contributed by atoms with Crippen molar-refractivity contribution in [2.45, 2.75) is 58.7 Å². The molecule has 0 radical (unpaired) electrons. The summed E-state index contributed by atoms with van der Waals surface area (Å²) in [5.74, 6) is -4.13. The van der Waals surface area contributed by atoms with Gasteiger partial charge in [0, 0.05) is 42.2 Å². The first-order valence-corrected chi connectivity index (χ1v) is 12.6. The van der Waals surface area contributed by atoms with Crippen LogP contribution in [-0.2, 0) is 11.0 Å². The van der Waals surface area contributed by atoms with Crippen molar-refractivity contribution in [2.75, 3.05) is 4.90 Å². The van der Waals surface area contributed by atoms with Gasteiger partial charge in [0.05, 0.1) is 17.6 Å². The molecule has 0 aliphatic heterocycles. The topological polar surface area (TPSA) is 84.7 Å². The van der Waals surface area contributed by atoms with Crippen molar-refractivity contribution in [3.05, 3.63) is 66.0 Å². The Kier molecular flexibility index (Phi) is 7.99. The van der Waals surface area contributed by atoms with Crippen LogP contribution in [0.1, 0.15) is 62.4 Å². The summed E-state index contributed by atoms with van der Waals surface area (Å²) in [7, 11) is 0. The van der Waals surface area contributed by atoms with E-state index in [1.54, 1.807) is 13.8 Å². The molecular weight excluding hydrogens is 518 g/mol. The van der Waals surface area contributed by atoms with Crippen LogP contribution in [0.15, 0.2) is 49.1 Å². The molecule has 0 spiro atoms. The average Bonchev–Trinajstić information content (AvgIpc) is 3.40. The predicted molar refractivity (Wildman–Crippen MR) is 136 cm³/mol. The van der Waals surface area contributed by atoms with E-state index in [0.717, 1.165) is 37.1 Å². The fraction of sp³-hybridized carbons (Fsp3) is 0.393. The molecule has 1 saturated carbocycles. The summed E-state index contributed by atoms with van der Waals surface area (Å²) in [5, 5.41) is 9.93. The molecule has 4 rings (SSSR count). The molecule has 11 heteroatoms. The molecule has 1 aliphatic carbocycles. The maximum Gasteiger partial charge on any atom is 0.420 e. The zero-order valence-electron chi connectivity index (χ0n) is 21.7. The quantitative estimate of drug-likeness (QED) is 0.319. The summed E-state index contributed by atoms with van der Waals surface area (Å²) in [6.07, 6.45) is 2.34. The van der Waals surface area contributed by atoms with Crippen LogP contribution >= 0.6 is 0 Å². The molecule has 0 atom stereocenters. The standard InChI is InChI=1S/C28H29F4N3O4/c1-16(2)35(26(36)18-6-4-17(3)5-7-18)23-14-22(29)25(13-20(23)27(37)38)39-24-9-8-19(34-11-10-33-15-34)12-21(24)28(30,31)32/h8-18H,4-7H2,1-3H3,(H,37,38). The molecule has 1 aliphatic rings. The Morgan fingerprint density at radius 3 is 2.36 bits per heavy atom. The number of rotatable bonds is 7. The van der Waals surface area contributed by atoms with Crippen molar-refractivity contribution in [3.63, 3.8) is 0 Å². The van der Waals surface area contributed by atoms with Crippen LogP contribution in [0.25, 0.3) is 5.69 Å². The first-order chi connectivity index (χ1) is 18.4. The van der Waals surface area contributed by atoms with E-state index < -0.39 is 46.6 Å². The van der Waals surface area contributed by atoms with Crippen molar-refractivity contribution in [2.24, 2.45) is 11.8 Å². The number of carbonyl (C=O) groups excluding carboxylic acids is 1. The zero-order valence-corrected chi connectivity index (χ0v) is 21.7. The molecular formula is C28H29F4N3O4. The number of anilines is 1. The first-order valence-electron chi connectivity index (χ1n) is 12.6. The Morgan fingerprint density at radius 1 is 1.10 bits per heavy atom. The highest BCUT2D eigenvalue weighted by atomic mass is 19.4. The van der Waals surface area contributed by atoms with Gasteiger partial charge in [-0.2, -0.15) is 13.2 Å². The van der Waals surface area contributed by atoms with Gasteiger partial charge in [0.25, 0.3) is 0 Å². The fourth-order valence-electron chi connectivity index (χ4n) is 4.87. The third-order valence-corrected chi connectivity index (χ3v) is 6.95. The summed E-state index contributed by atoms with van der Waals surface area (Å²) >= 11 is 0. The van der Waals surface area contributed by atoms with Crippen LogP contribution in [0.5, 0.6) is 11.5 Å². The maximum atomic E-state index is 15.3. The summed E-state index contributed by atoms with van der Waals surface area (Å²) in [6, 6.07) is 4.36. The number of ether oxygens (including phenoxy) is 1. The third-order valence-electron chi connectivity index (χ3n) is 6.95. The number of hydrogen-bond donors (Lipinski definition) is 1. The van der Waals surface area contributed by atoms with Gasteiger partial charge >= 0.3 is 12.1 Å². The molecule has 1 N–H and O–H groups in total. The van der Waals surface area contributed by atoms with E-state index in [2.05, 4.69) is 11.9 Å². The highest BCUT2D eigenvalue weighted by Crippen LogP contribution is 2.41. The minimum atomic E-state index is -4.85. The summed E-state index contributed by atoms with van der Waals surface area (Å²) < 4.78 is 63.7. The van der Waals surface area contributed by atoms with E-state index in [-0.39, 0.29) is 23.2 Å². The molecule has 1 heterocycles. The number of aromatic nitrogens is 2. The lowest BCUT2D eigenvalue weighted by Gasteiger charge is -2.34. The van der Waals surface area contributed by atoms with Gasteiger partial charge in [0.2, 0.25) is 5.91 Å². The van der Waals surface area contributed by atoms with Crippen molar-refractivity contribution in [1.29, 1.82) is 0 Å². The number of alkyl halides is 3. The lowest BCUT2D eigenvalue weighted by Crippen LogP contribution is -2.43. The van der Waals surface area contributed by atoms with Gasteiger partial charge < -0.3 is 19.3 Å². The molecule has 1 fully saturated rings. The second-order valence-corrected chi connectivity index (χ2v) is 10.1. The van der Waals surface area contributed by atoms with Gasteiger partial charge in [-0.15, -0.1) is 0 Å². The second kappa shape index (κ2) is 11.1.